The third-order valence-corrected chi connectivity index (χ3v) is 4.08. The van der Waals surface area contributed by atoms with Crippen LogP contribution in [0.15, 0.2) is 22.7 Å². The van der Waals surface area contributed by atoms with Gasteiger partial charge >= 0.3 is 5.97 Å². The molecule has 0 unspecified atom stereocenters. The summed E-state index contributed by atoms with van der Waals surface area (Å²) in [7, 11) is 0. The van der Waals surface area contributed by atoms with Crippen LogP contribution >= 0.6 is 27.5 Å². The predicted molar refractivity (Wildman–Crippen MR) is 75.3 cm³/mol. The highest BCUT2D eigenvalue weighted by atomic mass is 79.9. The van der Waals surface area contributed by atoms with Gasteiger partial charge in [0.25, 0.3) is 0 Å². The summed E-state index contributed by atoms with van der Waals surface area (Å²) in [5, 5.41) is 14.0. The Morgan fingerprint density at radius 2 is 2.21 bits per heavy atom. The molecule has 1 heterocycles. The van der Waals surface area contributed by atoms with Crippen molar-refractivity contribution in [2.24, 2.45) is 0 Å². The van der Waals surface area contributed by atoms with Crippen LogP contribution in [-0.4, -0.2) is 20.9 Å². The quantitative estimate of drug-likeness (QED) is 0.910. The van der Waals surface area contributed by atoms with Crippen molar-refractivity contribution in [3.05, 3.63) is 44.6 Å². The fourth-order valence-electron chi connectivity index (χ4n) is 2.46. The number of rotatable bonds is 2. The zero-order valence-electron chi connectivity index (χ0n) is 9.86. The minimum absolute atomic E-state index is 0.142. The van der Waals surface area contributed by atoms with Gasteiger partial charge in [0.2, 0.25) is 0 Å². The first-order chi connectivity index (χ1) is 9.08. The lowest BCUT2D eigenvalue weighted by atomic mass is 10.2. The summed E-state index contributed by atoms with van der Waals surface area (Å²) in [6.45, 7) is 0. The monoisotopic (exact) mass is 340 g/mol. The number of aromatic nitrogens is 2. The standard InChI is InChI=1S/C13H10BrClN2O2/c14-7-4-5-9(15)11(6-7)17-10-3-1-2-8(10)12(16-17)13(18)19/h4-6H,1-3H2,(H,18,19). The molecule has 0 atom stereocenters. The Balaban J connectivity index is 2.23. The average molecular weight is 342 g/mol. The van der Waals surface area contributed by atoms with Crippen molar-refractivity contribution in [1.29, 1.82) is 0 Å². The van der Waals surface area contributed by atoms with Gasteiger partial charge in [-0.25, -0.2) is 9.48 Å². The van der Waals surface area contributed by atoms with Gasteiger partial charge in [-0.05, 0) is 37.5 Å². The summed E-state index contributed by atoms with van der Waals surface area (Å²) in [5.74, 6) is -0.983. The Hall–Kier alpha value is -1.33. The van der Waals surface area contributed by atoms with Crippen LogP contribution in [0, 0.1) is 0 Å². The molecule has 1 N–H and O–H groups in total. The normalized spacial score (nSPS) is 13.6. The van der Waals surface area contributed by atoms with Gasteiger partial charge in [-0.15, -0.1) is 0 Å². The van der Waals surface area contributed by atoms with Gasteiger partial charge in [0.05, 0.1) is 10.7 Å². The van der Waals surface area contributed by atoms with Crippen LogP contribution in [0.4, 0.5) is 0 Å². The van der Waals surface area contributed by atoms with Crippen LogP contribution < -0.4 is 0 Å². The zero-order chi connectivity index (χ0) is 13.6. The van der Waals surface area contributed by atoms with E-state index in [0.29, 0.717) is 10.7 Å². The summed E-state index contributed by atoms with van der Waals surface area (Å²) in [4.78, 5) is 11.2. The van der Waals surface area contributed by atoms with Gasteiger partial charge in [-0.1, -0.05) is 27.5 Å². The number of aromatic carboxylic acids is 1. The van der Waals surface area contributed by atoms with E-state index in [1.54, 1.807) is 10.7 Å². The highest BCUT2D eigenvalue weighted by molar-refractivity contribution is 9.10. The molecule has 1 aromatic heterocycles. The lowest BCUT2D eigenvalue weighted by molar-refractivity contribution is 0.0689. The topological polar surface area (TPSA) is 55.1 Å². The maximum atomic E-state index is 11.2. The van der Waals surface area contributed by atoms with Gasteiger partial charge in [0.15, 0.2) is 5.69 Å². The third kappa shape index (κ3) is 2.07. The highest BCUT2D eigenvalue weighted by Gasteiger charge is 2.27. The van der Waals surface area contributed by atoms with Gasteiger partial charge in [-0.2, -0.15) is 5.10 Å². The molecule has 1 aromatic carbocycles. The summed E-state index contributed by atoms with van der Waals surface area (Å²) in [5.41, 5.74) is 2.64. The minimum Gasteiger partial charge on any atom is -0.476 e. The maximum absolute atomic E-state index is 11.2. The van der Waals surface area contributed by atoms with E-state index < -0.39 is 5.97 Å². The summed E-state index contributed by atoms with van der Waals surface area (Å²) >= 11 is 9.59. The van der Waals surface area contributed by atoms with Crippen LogP contribution in [0.1, 0.15) is 28.2 Å². The van der Waals surface area contributed by atoms with Crippen LogP contribution in [0.5, 0.6) is 0 Å². The molecule has 2 aromatic rings. The van der Waals surface area contributed by atoms with Crippen molar-refractivity contribution < 1.29 is 9.90 Å². The number of carbonyl (C=O) groups is 1. The number of fused-ring (bicyclic) bond motifs is 1. The molecule has 0 aliphatic heterocycles. The Labute approximate surface area is 123 Å². The average Bonchev–Trinajstić information content (AvgIpc) is 2.93. The lowest BCUT2D eigenvalue weighted by Crippen LogP contribution is -2.05. The fraction of sp³-hybridized carbons (Fsp3) is 0.231. The Morgan fingerprint density at radius 3 is 2.95 bits per heavy atom. The number of carboxylic acid groups (broad SMARTS) is 1. The summed E-state index contributed by atoms with van der Waals surface area (Å²) in [6, 6.07) is 5.46. The van der Waals surface area contributed by atoms with Crippen LogP contribution in [0.2, 0.25) is 5.02 Å². The second-order valence-corrected chi connectivity index (χ2v) is 5.76. The van der Waals surface area contributed by atoms with E-state index >= 15 is 0 Å². The first kappa shape index (κ1) is 12.7. The molecule has 0 radical (unpaired) electrons. The van der Waals surface area contributed by atoms with E-state index in [1.807, 2.05) is 12.1 Å². The molecule has 19 heavy (non-hydrogen) atoms. The fourth-order valence-corrected chi connectivity index (χ4v) is 3.00. The molecule has 6 heteroatoms. The van der Waals surface area contributed by atoms with E-state index in [-0.39, 0.29) is 5.69 Å². The second-order valence-electron chi connectivity index (χ2n) is 4.44. The summed E-state index contributed by atoms with van der Waals surface area (Å²) in [6.07, 6.45) is 2.56. The van der Waals surface area contributed by atoms with Crippen LogP contribution in [0.3, 0.4) is 0 Å². The van der Waals surface area contributed by atoms with Gasteiger partial charge in [-0.3, -0.25) is 0 Å². The Kier molecular flexibility index (Phi) is 3.11. The largest absolute Gasteiger partial charge is 0.476 e. The van der Waals surface area contributed by atoms with Crippen LogP contribution in [0.25, 0.3) is 5.69 Å². The predicted octanol–water partition coefficient (Wildman–Crippen LogP) is 3.48. The molecular weight excluding hydrogens is 332 g/mol. The lowest BCUT2D eigenvalue weighted by Gasteiger charge is -2.08. The van der Waals surface area contributed by atoms with E-state index in [4.69, 9.17) is 11.6 Å². The molecule has 98 valence electrons. The first-order valence-corrected chi connectivity index (χ1v) is 7.04. The molecule has 0 saturated carbocycles. The first-order valence-electron chi connectivity index (χ1n) is 5.87. The number of hydrogen-bond acceptors (Lipinski definition) is 2. The minimum atomic E-state index is -0.983. The molecule has 0 fully saturated rings. The van der Waals surface area contributed by atoms with Crippen molar-refractivity contribution >= 4 is 33.5 Å². The molecule has 3 rings (SSSR count). The zero-order valence-corrected chi connectivity index (χ0v) is 12.2. The number of hydrogen-bond donors (Lipinski definition) is 1. The van der Waals surface area contributed by atoms with Crippen molar-refractivity contribution in [2.75, 3.05) is 0 Å². The molecule has 4 nitrogen and oxygen atoms in total. The highest BCUT2D eigenvalue weighted by Crippen LogP contribution is 2.31. The SMILES string of the molecule is O=C(O)c1nn(-c2cc(Br)ccc2Cl)c2c1CCC2. The Morgan fingerprint density at radius 1 is 1.42 bits per heavy atom. The van der Waals surface area contributed by atoms with E-state index in [9.17, 15) is 9.90 Å². The van der Waals surface area contributed by atoms with Gasteiger partial charge < -0.3 is 5.11 Å². The van der Waals surface area contributed by atoms with Crippen molar-refractivity contribution in [1.82, 2.24) is 9.78 Å². The number of benzene rings is 1. The number of nitrogens with zero attached hydrogens (tertiary/aromatic N) is 2. The van der Waals surface area contributed by atoms with Crippen LogP contribution in [-0.2, 0) is 12.8 Å². The van der Waals surface area contributed by atoms with E-state index in [2.05, 4.69) is 21.0 Å². The number of carboxylic acids is 1. The molecule has 1 aliphatic carbocycles. The molecule has 0 spiro atoms. The molecule has 0 amide bonds. The van der Waals surface area contributed by atoms with Gasteiger partial charge in [0, 0.05) is 15.7 Å². The van der Waals surface area contributed by atoms with Crippen molar-refractivity contribution in [3.8, 4) is 5.69 Å². The molecule has 0 bridgehead atoms. The maximum Gasteiger partial charge on any atom is 0.356 e. The molecule has 0 saturated heterocycles. The van der Waals surface area contributed by atoms with Gasteiger partial charge in [0.1, 0.15) is 0 Å². The molecule has 1 aliphatic rings. The molecular formula is C13H10BrClN2O2. The third-order valence-electron chi connectivity index (χ3n) is 3.27. The smallest absolute Gasteiger partial charge is 0.356 e. The van der Waals surface area contributed by atoms with Crippen molar-refractivity contribution in [3.63, 3.8) is 0 Å². The van der Waals surface area contributed by atoms with E-state index in [0.717, 1.165) is 35.0 Å². The second kappa shape index (κ2) is 4.65. The van der Waals surface area contributed by atoms with E-state index in [1.165, 1.54) is 0 Å². The van der Waals surface area contributed by atoms with Crippen molar-refractivity contribution in [2.45, 2.75) is 19.3 Å². The number of halogens is 2. The Bertz CT molecular complexity index is 682. The summed E-state index contributed by atoms with van der Waals surface area (Å²) < 4.78 is 2.55.